The number of imidazole rings is 1. The molecule has 2 heterocycles. The first-order valence-corrected chi connectivity index (χ1v) is 10.9. The van der Waals surface area contributed by atoms with Crippen molar-refractivity contribution in [3.63, 3.8) is 0 Å². The standard InChI is InChI=1S/C22H25N5O4S/c1-2-10-26-16-5-3-4-6-17(16)27(22(26)29)11-9-20(28)24-25-21(32)23-13-15-7-8-18-19(12-15)31-14-30-18/h3-8,12H,2,9-11,13-14H2,1H3,(H,24,28)(H2,23,25,32). The molecule has 10 heteroatoms. The molecule has 0 saturated carbocycles. The quantitative estimate of drug-likeness (QED) is 0.370. The second-order valence-corrected chi connectivity index (χ2v) is 7.78. The number of amides is 1. The lowest BCUT2D eigenvalue weighted by atomic mass is 10.2. The molecule has 0 bridgehead atoms. The predicted molar refractivity (Wildman–Crippen MR) is 124 cm³/mol. The number of para-hydroxylation sites is 2. The number of nitrogens with one attached hydrogen (secondary N) is 3. The number of fused-ring (bicyclic) bond motifs is 2. The number of hydrogen-bond acceptors (Lipinski definition) is 5. The van der Waals surface area contributed by atoms with Crippen molar-refractivity contribution in [3.8, 4) is 11.5 Å². The Morgan fingerprint density at radius 2 is 1.75 bits per heavy atom. The van der Waals surface area contributed by atoms with Crippen molar-refractivity contribution in [3.05, 3.63) is 58.5 Å². The van der Waals surface area contributed by atoms with Gasteiger partial charge in [-0.25, -0.2) is 4.79 Å². The average Bonchev–Trinajstić information content (AvgIpc) is 3.37. The average molecular weight is 456 g/mol. The van der Waals surface area contributed by atoms with E-state index in [9.17, 15) is 9.59 Å². The van der Waals surface area contributed by atoms with E-state index in [1.807, 2.05) is 49.4 Å². The Bertz CT molecular complexity index is 1200. The molecule has 3 N–H and O–H groups in total. The highest BCUT2D eigenvalue weighted by Gasteiger charge is 2.14. The number of aromatic nitrogens is 2. The summed E-state index contributed by atoms with van der Waals surface area (Å²) in [4.78, 5) is 25.1. The van der Waals surface area contributed by atoms with Gasteiger partial charge in [0.1, 0.15) is 0 Å². The van der Waals surface area contributed by atoms with Crippen molar-refractivity contribution in [2.75, 3.05) is 6.79 Å². The van der Waals surface area contributed by atoms with Crippen molar-refractivity contribution in [2.24, 2.45) is 0 Å². The molecule has 9 nitrogen and oxygen atoms in total. The minimum Gasteiger partial charge on any atom is -0.454 e. The van der Waals surface area contributed by atoms with E-state index < -0.39 is 0 Å². The summed E-state index contributed by atoms with van der Waals surface area (Å²) >= 11 is 5.21. The molecular formula is C22H25N5O4S. The minimum absolute atomic E-state index is 0.102. The van der Waals surface area contributed by atoms with Gasteiger partial charge < -0.3 is 14.8 Å². The largest absolute Gasteiger partial charge is 0.454 e. The third kappa shape index (κ3) is 4.70. The topological polar surface area (TPSA) is 98.6 Å². The van der Waals surface area contributed by atoms with E-state index >= 15 is 0 Å². The molecule has 32 heavy (non-hydrogen) atoms. The molecule has 0 spiro atoms. The van der Waals surface area contributed by atoms with E-state index in [0.29, 0.717) is 18.8 Å². The van der Waals surface area contributed by atoms with Crippen LogP contribution in [0.1, 0.15) is 25.3 Å². The van der Waals surface area contributed by atoms with Crippen LogP contribution in [0.4, 0.5) is 0 Å². The first-order chi connectivity index (χ1) is 15.6. The van der Waals surface area contributed by atoms with Gasteiger partial charge in [-0.2, -0.15) is 0 Å². The molecule has 168 valence electrons. The van der Waals surface area contributed by atoms with Gasteiger partial charge in [-0.05, 0) is 48.5 Å². The Morgan fingerprint density at radius 3 is 2.50 bits per heavy atom. The van der Waals surface area contributed by atoms with Gasteiger partial charge in [0.15, 0.2) is 16.6 Å². The smallest absolute Gasteiger partial charge is 0.329 e. The van der Waals surface area contributed by atoms with Crippen LogP contribution >= 0.6 is 12.2 Å². The van der Waals surface area contributed by atoms with Crippen LogP contribution < -0.4 is 31.3 Å². The molecule has 1 aliphatic rings. The number of benzene rings is 2. The van der Waals surface area contributed by atoms with Crippen LogP contribution in [0.15, 0.2) is 47.3 Å². The monoisotopic (exact) mass is 455 g/mol. The van der Waals surface area contributed by atoms with E-state index in [-0.39, 0.29) is 36.5 Å². The number of aryl methyl sites for hydroxylation is 2. The number of ether oxygens (including phenoxy) is 2. The van der Waals surface area contributed by atoms with Crippen molar-refractivity contribution < 1.29 is 14.3 Å². The number of thiocarbonyl (C=S) groups is 1. The van der Waals surface area contributed by atoms with Gasteiger partial charge in [0.2, 0.25) is 12.7 Å². The van der Waals surface area contributed by atoms with Crippen LogP contribution in [0.25, 0.3) is 11.0 Å². The van der Waals surface area contributed by atoms with Crippen LogP contribution in [-0.4, -0.2) is 26.9 Å². The SMILES string of the molecule is CCCn1c(=O)n(CCC(=O)NNC(=S)NCc2ccc3c(c2)OCO3)c2ccccc21. The van der Waals surface area contributed by atoms with Gasteiger partial charge in [-0.3, -0.25) is 24.8 Å². The molecule has 4 rings (SSSR count). The van der Waals surface area contributed by atoms with Crippen molar-refractivity contribution in [1.29, 1.82) is 0 Å². The predicted octanol–water partition coefficient (Wildman–Crippen LogP) is 2.03. The second kappa shape index (κ2) is 9.73. The maximum atomic E-state index is 12.8. The number of hydrazine groups is 1. The summed E-state index contributed by atoms with van der Waals surface area (Å²) in [5, 5.41) is 3.31. The van der Waals surface area contributed by atoms with Crippen LogP contribution in [0.5, 0.6) is 11.5 Å². The Kier molecular flexibility index (Phi) is 6.60. The molecule has 1 aliphatic heterocycles. The number of hydrogen-bond donors (Lipinski definition) is 3. The summed E-state index contributed by atoms with van der Waals surface area (Å²) in [6.45, 7) is 3.64. The van der Waals surface area contributed by atoms with Crippen molar-refractivity contribution >= 4 is 34.3 Å². The Balaban J connectivity index is 1.27. The highest BCUT2D eigenvalue weighted by molar-refractivity contribution is 7.80. The van der Waals surface area contributed by atoms with Crippen molar-refractivity contribution in [1.82, 2.24) is 25.3 Å². The van der Waals surface area contributed by atoms with E-state index in [2.05, 4.69) is 16.2 Å². The Labute approximate surface area is 190 Å². The minimum atomic E-state index is -0.267. The van der Waals surface area contributed by atoms with Crippen molar-refractivity contribution in [2.45, 2.75) is 39.4 Å². The Hall–Kier alpha value is -3.53. The molecule has 0 fully saturated rings. The molecule has 1 aromatic heterocycles. The van der Waals surface area contributed by atoms with E-state index in [4.69, 9.17) is 21.7 Å². The molecule has 0 unspecified atom stereocenters. The normalized spacial score (nSPS) is 12.0. The second-order valence-electron chi connectivity index (χ2n) is 7.37. The van der Waals surface area contributed by atoms with Crippen LogP contribution in [-0.2, 0) is 24.4 Å². The van der Waals surface area contributed by atoms with Crippen LogP contribution in [0.2, 0.25) is 0 Å². The van der Waals surface area contributed by atoms with Crippen LogP contribution in [0, 0.1) is 0 Å². The van der Waals surface area contributed by atoms with Gasteiger partial charge in [-0.1, -0.05) is 25.1 Å². The zero-order valence-electron chi connectivity index (χ0n) is 17.7. The fourth-order valence-electron chi connectivity index (χ4n) is 3.61. The van der Waals surface area contributed by atoms with Gasteiger partial charge in [0.25, 0.3) is 0 Å². The number of carbonyl (C=O) groups is 1. The lowest BCUT2D eigenvalue weighted by Gasteiger charge is -2.12. The maximum absolute atomic E-state index is 12.8. The molecule has 1 amide bonds. The summed E-state index contributed by atoms with van der Waals surface area (Å²) in [5.74, 6) is 1.15. The number of nitrogens with zero attached hydrogens (tertiary/aromatic N) is 2. The lowest BCUT2D eigenvalue weighted by Crippen LogP contribution is -2.46. The van der Waals surface area contributed by atoms with Gasteiger partial charge >= 0.3 is 5.69 Å². The summed E-state index contributed by atoms with van der Waals surface area (Å²) in [6.07, 6.45) is 0.993. The fraction of sp³-hybridized carbons (Fsp3) is 0.318. The van der Waals surface area contributed by atoms with Gasteiger partial charge in [-0.15, -0.1) is 0 Å². The highest BCUT2D eigenvalue weighted by Crippen LogP contribution is 2.32. The summed E-state index contributed by atoms with van der Waals surface area (Å²) in [5.41, 5.74) is 7.83. The fourth-order valence-corrected chi connectivity index (χ4v) is 3.73. The maximum Gasteiger partial charge on any atom is 0.329 e. The van der Waals surface area contributed by atoms with Gasteiger partial charge in [0, 0.05) is 26.1 Å². The van der Waals surface area contributed by atoms with E-state index in [0.717, 1.165) is 28.8 Å². The molecule has 2 aromatic carbocycles. The first kappa shape index (κ1) is 21.7. The summed E-state index contributed by atoms with van der Waals surface area (Å²) in [6, 6.07) is 13.3. The van der Waals surface area contributed by atoms with E-state index in [1.165, 1.54) is 0 Å². The van der Waals surface area contributed by atoms with E-state index in [1.54, 1.807) is 9.13 Å². The molecular weight excluding hydrogens is 430 g/mol. The lowest BCUT2D eigenvalue weighted by molar-refractivity contribution is -0.121. The number of carbonyl (C=O) groups excluding carboxylic acids is 1. The highest BCUT2D eigenvalue weighted by atomic mass is 32.1. The number of rotatable bonds is 7. The third-order valence-electron chi connectivity index (χ3n) is 5.14. The first-order valence-electron chi connectivity index (χ1n) is 10.5. The zero-order valence-corrected chi connectivity index (χ0v) is 18.5. The molecule has 0 aliphatic carbocycles. The summed E-state index contributed by atoms with van der Waals surface area (Å²) in [7, 11) is 0. The molecule has 0 saturated heterocycles. The zero-order chi connectivity index (χ0) is 22.5. The van der Waals surface area contributed by atoms with Crippen LogP contribution in [0.3, 0.4) is 0 Å². The third-order valence-corrected chi connectivity index (χ3v) is 5.39. The molecule has 0 atom stereocenters. The molecule has 3 aromatic rings. The summed E-state index contributed by atoms with van der Waals surface area (Å²) < 4.78 is 14.0. The Morgan fingerprint density at radius 1 is 1.03 bits per heavy atom. The molecule has 0 radical (unpaired) electrons. The van der Waals surface area contributed by atoms with Gasteiger partial charge in [0.05, 0.1) is 11.0 Å².